The number of benzene rings is 3. The zero-order valence-electron chi connectivity index (χ0n) is 17.9. The summed E-state index contributed by atoms with van der Waals surface area (Å²) < 4.78 is 28.2. The third kappa shape index (κ3) is 4.93. The largest absolute Gasteiger partial charge is 0.274 e. The molecule has 0 fully saturated rings. The molecule has 0 N–H and O–H groups in total. The van der Waals surface area contributed by atoms with E-state index in [1.807, 2.05) is 54.6 Å². The van der Waals surface area contributed by atoms with Crippen molar-refractivity contribution in [2.24, 2.45) is 0 Å². The molecule has 0 amide bonds. The SMILES string of the molecule is CN(C)S(=O)(=O)c1cccc(CSc2nnc(Cc3ccccc3)n2-c2ccccc2)c1. The molecule has 8 heteroatoms. The van der Waals surface area contributed by atoms with E-state index in [1.165, 1.54) is 30.2 Å². The Morgan fingerprint density at radius 1 is 0.844 bits per heavy atom. The molecule has 0 atom stereocenters. The van der Waals surface area contributed by atoms with Crippen molar-refractivity contribution in [1.29, 1.82) is 0 Å². The second-order valence-electron chi connectivity index (χ2n) is 7.46. The Bertz CT molecular complexity index is 1290. The lowest BCUT2D eigenvalue weighted by atomic mass is 10.1. The molecule has 0 unspecified atom stereocenters. The summed E-state index contributed by atoms with van der Waals surface area (Å²) in [6.07, 6.45) is 0.667. The fourth-order valence-electron chi connectivity index (χ4n) is 3.28. The average Bonchev–Trinajstić information content (AvgIpc) is 3.21. The molecule has 1 aromatic heterocycles. The van der Waals surface area contributed by atoms with Crippen molar-refractivity contribution in [1.82, 2.24) is 19.1 Å². The average molecular weight is 465 g/mol. The normalized spacial score (nSPS) is 11.7. The lowest BCUT2D eigenvalue weighted by molar-refractivity contribution is 0.520. The van der Waals surface area contributed by atoms with Crippen LogP contribution in [0.15, 0.2) is 95.0 Å². The maximum atomic E-state index is 12.5. The molecule has 164 valence electrons. The third-order valence-corrected chi connectivity index (χ3v) is 7.78. The van der Waals surface area contributed by atoms with Crippen molar-refractivity contribution >= 4 is 21.8 Å². The molecule has 1 heterocycles. The minimum Gasteiger partial charge on any atom is -0.274 e. The molecule has 3 aromatic carbocycles. The number of sulfonamides is 1. The summed E-state index contributed by atoms with van der Waals surface area (Å²) in [5, 5.41) is 9.69. The number of thioether (sulfide) groups is 1. The Morgan fingerprint density at radius 2 is 1.50 bits per heavy atom. The lowest BCUT2D eigenvalue weighted by Crippen LogP contribution is -2.22. The summed E-state index contributed by atoms with van der Waals surface area (Å²) in [4.78, 5) is 0.287. The number of para-hydroxylation sites is 1. The highest BCUT2D eigenvalue weighted by atomic mass is 32.2. The maximum absolute atomic E-state index is 12.5. The van der Waals surface area contributed by atoms with Gasteiger partial charge in [-0.25, -0.2) is 12.7 Å². The molecular weight excluding hydrogens is 440 g/mol. The van der Waals surface area contributed by atoms with Gasteiger partial charge < -0.3 is 0 Å². The van der Waals surface area contributed by atoms with Crippen LogP contribution in [0, 0.1) is 0 Å². The molecule has 0 bridgehead atoms. The van der Waals surface area contributed by atoms with Gasteiger partial charge in [-0.2, -0.15) is 0 Å². The summed E-state index contributed by atoms with van der Waals surface area (Å²) in [7, 11) is -0.403. The van der Waals surface area contributed by atoms with Crippen LogP contribution in [0.3, 0.4) is 0 Å². The van der Waals surface area contributed by atoms with Crippen molar-refractivity contribution in [3.8, 4) is 5.69 Å². The van der Waals surface area contributed by atoms with Gasteiger partial charge in [0.25, 0.3) is 0 Å². The molecule has 0 saturated carbocycles. The highest BCUT2D eigenvalue weighted by Gasteiger charge is 2.18. The van der Waals surface area contributed by atoms with Crippen LogP contribution in [0.4, 0.5) is 0 Å². The highest BCUT2D eigenvalue weighted by Crippen LogP contribution is 2.27. The quantitative estimate of drug-likeness (QED) is 0.362. The third-order valence-electron chi connectivity index (χ3n) is 4.96. The van der Waals surface area contributed by atoms with Crippen LogP contribution < -0.4 is 0 Å². The zero-order chi connectivity index (χ0) is 22.6. The van der Waals surface area contributed by atoms with Crippen LogP contribution >= 0.6 is 11.8 Å². The molecule has 0 radical (unpaired) electrons. The Balaban J connectivity index is 1.62. The van der Waals surface area contributed by atoms with E-state index < -0.39 is 10.0 Å². The minimum absolute atomic E-state index is 0.287. The van der Waals surface area contributed by atoms with Crippen LogP contribution in [0.1, 0.15) is 17.0 Å². The number of rotatable bonds is 8. The first-order chi connectivity index (χ1) is 15.4. The fraction of sp³-hybridized carbons (Fsp3) is 0.167. The van der Waals surface area contributed by atoms with Crippen molar-refractivity contribution in [3.05, 3.63) is 102 Å². The van der Waals surface area contributed by atoms with Crippen LogP contribution in [0.5, 0.6) is 0 Å². The van der Waals surface area contributed by atoms with Gasteiger partial charge in [-0.1, -0.05) is 72.4 Å². The number of nitrogens with zero attached hydrogens (tertiary/aromatic N) is 4. The standard InChI is InChI=1S/C24H24N4O2S2/c1-27(2)32(29,30)22-15-9-12-20(16-22)18-31-24-26-25-23(17-19-10-5-3-6-11-19)28(24)21-13-7-4-8-14-21/h3-16H,17-18H2,1-2H3. The second-order valence-corrected chi connectivity index (χ2v) is 10.5. The van der Waals surface area contributed by atoms with E-state index in [1.54, 1.807) is 18.2 Å². The molecule has 6 nitrogen and oxygen atoms in total. The van der Waals surface area contributed by atoms with Gasteiger partial charge in [0.1, 0.15) is 5.82 Å². The molecule has 0 aliphatic rings. The number of hydrogen-bond donors (Lipinski definition) is 0. The summed E-state index contributed by atoms with van der Waals surface area (Å²) in [5.74, 6) is 1.43. The number of hydrogen-bond acceptors (Lipinski definition) is 5. The van der Waals surface area contributed by atoms with Crippen LogP contribution in [0.25, 0.3) is 5.69 Å². The Hall–Kier alpha value is -2.94. The van der Waals surface area contributed by atoms with E-state index in [2.05, 4.69) is 26.9 Å². The van der Waals surface area contributed by atoms with Crippen LogP contribution in [-0.2, 0) is 22.2 Å². The molecule has 4 rings (SSSR count). The monoisotopic (exact) mass is 464 g/mol. The molecule has 0 spiro atoms. The first-order valence-electron chi connectivity index (χ1n) is 10.1. The predicted molar refractivity (Wildman–Crippen MR) is 127 cm³/mol. The van der Waals surface area contributed by atoms with Gasteiger partial charge in [0, 0.05) is 32.0 Å². The van der Waals surface area contributed by atoms with Gasteiger partial charge >= 0.3 is 0 Å². The van der Waals surface area contributed by atoms with Crippen molar-refractivity contribution in [3.63, 3.8) is 0 Å². The molecular formula is C24H24N4O2S2. The predicted octanol–water partition coefficient (Wildman–Crippen LogP) is 4.40. The van der Waals surface area contributed by atoms with Crippen molar-refractivity contribution < 1.29 is 8.42 Å². The summed E-state index contributed by atoms with van der Waals surface area (Å²) in [6.45, 7) is 0. The molecule has 4 aromatic rings. The van der Waals surface area contributed by atoms with E-state index in [0.717, 1.165) is 27.8 Å². The van der Waals surface area contributed by atoms with Gasteiger partial charge in [0.05, 0.1) is 4.90 Å². The van der Waals surface area contributed by atoms with Gasteiger partial charge in [-0.05, 0) is 35.4 Å². The van der Waals surface area contributed by atoms with Gasteiger partial charge in [-0.15, -0.1) is 10.2 Å². The zero-order valence-corrected chi connectivity index (χ0v) is 19.6. The van der Waals surface area contributed by atoms with E-state index in [9.17, 15) is 8.42 Å². The molecule has 0 aliphatic heterocycles. The fourth-order valence-corrected chi connectivity index (χ4v) is 5.16. The summed E-state index contributed by atoms with van der Waals surface area (Å²) in [5.41, 5.74) is 3.07. The highest BCUT2D eigenvalue weighted by molar-refractivity contribution is 7.98. The molecule has 32 heavy (non-hydrogen) atoms. The maximum Gasteiger partial charge on any atom is 0.242 e. The van der Waals surface area contributed by atoms with Gasteiger partial charge in [0.15, 0.2) is 5.16 Å². The Labute approximate surface area is 193 Å². The van der Waals surface area contributed by atoms with Crippen molar-refractivity contribution in [2.45, 2.75) is 22.2 Å². The summed E-state index contributed by atoms with van der Waals surface area (Å²) in [6, 6.07) is 27.3. The first kappa shape index (κ1) is 22.3. The van der Waals surface area contributed by atoms with Crippen molar-refractivity contribution in [2.75, 3.05) is 14.1 Å². The van der Waals surface area contributed by atoms with E-state index in [0.29, 0.717) is 12.2 Å². The minimum atomic E-state index is -3.47. The second kappa shape index (κ2) is 9.68. The van der Waals surface area contributed by atoms with Crippen LogP contribution in [-0.4, -0.2) is 41.6 Å². The van der Waals surface area contributed by atoms with Crippen LogP contribution in [0.2, 0.25) is 0 Å². The molecule has 0 saturated heterocycles. The Kier molecular flexibility index (Phi) is 6.74. The molecule has 0 aliphatic carbocycles. The Morgan fingerprint density at radius 3 is 2.19 bits per heavy atom. The summed E-state index contributed by atoms with van der Waals surface area (Å²) >= 11 is 1.54. The van der Waals surface area contributed by atoms with E-state index >= 15 is 0 Å². The van der Waals surface area contributed by atoms with Gasteiger partial charge in [0.2, 0.25) is 10.0 Å². The number of aromatic nitrogens is 3. The smallest absolute Gasteiger partial charge is 0.242 e. The van der Waals surface area contributed by atoms with Gasteiger partial charge in [-0.3, -0.25) is 4.57 Å². The topological polar surface area (TPSA) is 68.1 Å². The van der Waals surface area contributed by atoms with E-state index in [-0.39, 0.29) is 4.90 Å². The first-order valence-corrected chi connectivity index (χ1v) is 12.6. The lowest BCUT2D eigenvalue weighted by Gasteiger charge is -2.13. The van der Waals surface area contributed by atoms with E-state index in [4.69, 9.17) is 0 Å².